The van der Waals surface area contributed by atoms with Gasteiger partial charge in [0.15, 0.2) is 0 Å². The molecule has 144 valence electrons. The number of hydrogen-bond acceptors (Lipinski definition) is 4. The molecule has 0 aliphatic carbocycles. The highest BCUT2D eigenvalue weighted by Crippen LogP contribution is 2.08. The molecule has 0 radical (unpaired) electrons. The monoisotopic (exact) mass is 373 g/mol. The van der Waals surface area contributed by atoms with Crippen LogP contribution in [0.1, 0.15) is 15.9 Å². The SMILES string of the molecule is Cn1c(=O)c(C(=O)C[NH+]2CC[NH+](C)CC2)c(N)n(Cc2ccccc2)c1=O. The lowest BCUT2D eigenvalue weighted by Gasteiger charge is -2.26. The van der Waals surface area contributed by atoms with E-state index in [1.165, 1.54) is 16.5 Å². The fourth-order valence-electron chi connectivity index (χ4n) is 3.49. The van der Waals surface area contributed by atoms with Gasteiger partial charge in [-0.05, 0) is 5.56 Å². The molecule has 1 aromatic heterocycles. The smallest absolute Gasteiger partial charge is 0.332 e. The maximum absolute atomic E-state index is 12.9. The summed E-state index contributed by atoms with van der Waals surface area (Å²) in [5.41, 5.74) is 5.80. The van der Waals surface area contributed by atoms with Crippen LogP contribution < -0.4 is 26.8 Å². The lowest BCUT2D eigenvalue weighted by Crippen LogP contribution is -3.27. The molecule has 8 heteroatoms. The second kappa shape index (κ2) is 7.89. The molecule has 0 bridgehead atoms. The molecule has 27 heavy (non-hydrogen) atoms. The van der Waals surface area contributed by atoms with Crippen LogP contribution in [0.15, 0.2) is 39.9 Å². The highest BCUT2D eigenvalue weighted by Gasteiger charge is 2.27. The molecular weight excluding hydrogens is 346 g/mol. The van der Waals surface area contributed by atoms with Gasteiger partial charge in [-0.1, -0.05) is 30.3 Å². The molecule has 0 spiro atoms. The zero-order valence-corrected chi connectivity index (χ0v) is 15.8. The fraction of sp³-hybridized carbons (Fsp3) is 0.421. The Kier molecular flexibility index (Phi) is 5.57. The third-order valence-electron chi connectivity index (χ3n) is 5.27. The van der Waals surface area contributed by atoms with E-state index in [0.29, 0.717) is 0 Å². The first kappa shape index (κ1) is 19.1. The molecule has 1 fully saturated rings. The Labute approximate surface area is 157 Å². The van der Waals surface area contributed by atoms with Crippen molar-refractivity contribution < 1.29 is 14.6 Å². The third-order valence-corrected chi connectivity index (χ3v) is 5.27. The van der Waals surface area contributed by atoms with E-state index in [9.17, 15) is 14.4 Å². The molecule has 2 heterocycles. The lowest BCUT2D eigenvalue weighted by molar-refractivity contribution is -0.999. The second-order valence-electron chi connectivity index (χ2n) is 7.29. The summed E-state index contributed by atoms with van der Waals surface area (Å²) < 4.78 is 2.27. The molecule has 1 aromatic carbocycles. The van der Waals surface area contributed by atoms with Crippen molar-refractivity contribution in [2.24, 2.45) is 7.05 Å². The number of nitrogens with zero attached hydrogens (tertiary/aromatic N) is 2. The van der Waals surface area contributed by atoms with Gasteiger partial charge in [0, 0.05) is 7.05 Å². The number of likely N-dealkylation sites (N-methyl/N-ethyl adjacent to an activating group) is 1. The lowest BCUT2D eigenvalue weighted by atomic mass is 10.1. The van der Waals surface area contributed by atoms with Gasteiger partial charge in [-0.25, -0.2) is 4.79 Å². The van der Waals surface area contributed by atoms with E-state index < -0.39 is 11.2 Å². The van der Waals surface area contributed by atoms with Crippen molar-refractivity contribution in [3.05, 3.63) is 62.3 Å². The molecule has 1 aliphatic rings. The Morgan fingerprint density at radius 1 is 1.11 bits per heavy atom. The largest absolute Gasteiger partial charge is 0.384 e. The van der Waals surface area contributed by atoms with Gasteiger partial charge in [-0.15, -0.1) is 0 Å². The van der Waals surface area contributed by atoms with Crippen LogP contribution in [0.2, 0.25) is 0 Å². The zero-order chi connectivity index (χ0) is 19.6. The van der Waals surface area contributed by atoms with Crippen LogP contribution in [0.5, 0.6) is 0 Å². The second-order valence-corrected chi connectivity index (χ2v) is 7.29. The van der Waals surface area contributed by atoms with E-state index in [0.717, 1.165) is 41.2 Å². The first-order chi connectivity index (χ1) is 12.9. The van der Waals surface area contributed by atoms with E-state index in [1.54, 1.807) is 0 Å². The number of carbonyl (C=O) groups is 1. The number of rotatable bonds is 5. The summed E-state index contributed by atoms with van der Waals surface area (Å²) in [4.78, 5) is 40.6. The Bertz CT molecular complexity index is 940. The summed E-state index contributed by atoms with van der Waals surface area (Å²) >= 11 is 0. The molecule has 1 aliphatic heterocycles. The van der Waals surface area contributed by atoms with Crippen LogP contribution in [0.3, 0.4) is 0 Å². The van der Waals surface area contributed by atoms with E-state index >= 15 is 0 Å². The molecule has 3 rings (SSSR count). The number of nitrogens with two attached hydrogens (primary N) is 1. The predicted octanol–water partition coefficient (Wildman–Crippen LogP) is -3.23. The summed E-state index contributed by atoms with van der Waals surface area (Å²) in [6.45, 7) is 4.16. The molecule has 0 amide bonds. The van der Waals surface area contributed by atoms with Crippen molar-refractivity contribution in [3.63, 3.8) is 0 Å². The summed E-state index contributed by atoms with van der Waals surface area (Å²) in [7, 11) is 3.51. The van der Waals surface area contributed by atoms with E-state index in [1.807, 2.05) is 30.3 Å². The van der Waals surface area contributed by atoms with Crippen molar-refractivity contribution in [1.82, 2.24) is 9.13 Å². The average molecular weight is 373 g/mol. The van der Waals surface area contributed by atoms with Crippen LogP contribution in [0, 0.1) is 0 Å². The fourth-order valence-corrected chi connectivity index (χ4v) is 3.49. The number of ketones is 1. The van der Waals surface area contributed by atoms with Gasteiger partial charge in [0.25, 0.3) is 5.56 Å². The third kappa shape index (κ3) is 4.01. The van der Waals surface area contributed by atoms with Crippen molar-refractivity contribution in [3.8, 4) is 0 Å². The predicted molar refractivity (Wildman–Crippen MR) is 102 cm³/mol. The number of Topliss-reactive ketones (excluding diaryl/α,β-unsaturated/α-hetero) is 1. The van der Waals surface area contributed by atoms with Crippen LogP contribution in [-0.4, -0.2) is 54.7 Å². The van der Waals surface area contributed by atoms with Gasteiger partial charge < -0.3 is 15.5 Å². The zero-order valence-electron chi connectivity index (χ0n) is 15.8. The van der Waals surface area contributed by atoms with Crippen molar-refractivity contribution >= 4 is 11.6 Å². The Morgan fingerprint density at radius 3 is 2.37 bits per heavy atom. The minimum absolute atomic E-state index is 0.0453. The van der Waals surface area contributed by atoms with Crippen molar-refractivity contribution in [2.45, 2.75) is 6.54 Å². The van der Waals surface area contributed by atoms with Crippen molar-refractivity contribution in [1.29, 1.82) is 0 Å². The maximum Gasteiger partial charge on any atom is 0.332 e. The van der Waals surface area contributed by atoms with Gasteiger partial charge in [0.1, 0.15) is 44.1 Å². The molecule has 0 atom stereocenters. The van der Waals surface area contributed by atoms with E-state index in [4.69, 9.17) is 5.73 Å². The van der Waals surface area contributed by atoms with E-state index in [2.05, 4.69) is 7.05 Å². The quantitative estimate of drug-likeness (QED) is 0.481. The van der Waals surface area contributed by atoms with Crippen LogP contribution >= 0.6 is 0 Å². The minimum atomic E-state index is -0.619. The first-order valence-corrected chi connectivity index (χ1v) is 9.19. The highest BCUT2D eigenvalue weighted by atomic mass is 16.2. The van der Waals surface area contributed by atoms with Crippen molar-refractivity contribution in [2.75, 3.05) is 45.5 Å². The van der Waals surface area contributed by atoms with Crippen LogP contribution in [0.4, 0.5) is 5.82 Å². The molecule has 0 unspecified atom stereocenters. The number of aromatic nitrogens is 2. The summed E-state index contributed by atoms with van der Waals surface area (Å²) in [6, 6.07) is 9.35. The summed E-state index contributed by atoms with van der Waals surface area (Å²) in [6.07, 6.45) is 0. The molecule has 1 saturated heterocycles. The Balaban J connectivity index is 1.94. The number of quaternary nitrogens is 2. The topological polar surface area (TPSA) is 96.0 Å². The Morgan fingerprint density at radius 2 is 1.74 bits per heavy atom. The van der Waals surface area contributed by atoms with Gasteiger partial charge >= 0.3 is 5.69 Å². The maximum atomic E-state index is 12.9. The first-order valence-electron chi connectivity index (χ1n) is 9.19. The van der Waals surface area contributed by atoms with Gasteiger partial charge in [0.2, 0.25) is 5.78 Å². The number of nitrogen functional groups attached to an aromatic ring is 1. The number of carbonyl (C=O) groups excluding carboxylic acids is 1. The number of benzene rings is 1. The summed E-state index contributed by atoms with van der Waals surface area (Å²) in [5.74, 6) is -0.347. The normalized spacial score (nSPS) is 19.8. The van der Waals surface area contributed by atoms with Gasteiger partial charge in [0.05, 0.1) is 13.6 Å². The molecular formula is C19H27N5O3+2. The number of piperazine rings is 1. The number of anilines is 1. The van der Waals surface area contributed by atoms with Crippen LogP contribution in [-0.2, 0) is 13.6 Å². The Hall–Kier alpha value is -2.71. The molecule has 2 aromatic rings. The molecule has 8 nitrogen and oxygen atoms in total. The minimum Gasteiger partial charge on any atom is -0.384 e. The standard InChI is InChI=1S/C19H25N5O3/c1-21-8-10-23(11-9-21)13-15(25)16-17(20)24(19(27)22(2)18(16)26)12-14-6-4-3-5-7-14/h3-7H,8-13,20H2,1-2H3/p+2. The summed E-state index contributed by atoms with van der Waals surface area (Å²) in [5, 5.41) is 0. The van der Waals surface area contributed by atoms with Gasteiger partial charge in [-0.3, -0.25) is 18.7 Å². The van der Waals surface area contributed by atoms with Crippen LogP contribution in [0.25, 0.3) is 0 Å². The number of hydrogen-bond donors (Lipinski definition) is 3. The average Bonchev–Trinajstić information content (AvgIpc) is 2.66. The molecule has 0 saturated carbocycles. The molecule has 4 N–H and O–H groups in total. The number of nitrogens with one attached hydrogen (secondary N) is 2. The highest BCUT2D eigenvalue weighted by molar-refractivity contribution is 6.00. The van der Waals surface area contributed by atoms with Gasteiger partial charge in [-0.2, -0.15) is 0 Å². The van der Waals surface area contributed by atoms with E-state index in [-0.39, 0.29) is 30.3 Å².